The third-order valence-corrected chi connectivity index (χ3v) is 3.31. The highest BCUT2D eigenvalue weighted by molar-refractivity contribution is 6.30. The Morgan fingerprint density at radius 1 is 1.15 bits per heavy atom. The van der Waals surface area contributed by atoms with Crippen LogP contribution in [0.3, 0.4) is 0 Å². The summed E-state index contributed by atoms with van der Waals surface area (Å²) in [6.07, 6.45) is 0.943. The molecule has 0 saturated carbocycles. The Balaban J connectivity index is 2.19. The van der Waals surface area contributed by atoms with Crippen LogP contribution in [-0.4, -0.2) is 19.7 Å². The summed E-state index contributed by atoms with van der Waals surface area (Å²) in [5.74, 6) is 0.904. The molecule has 0 aliphatic heterocycles. The van der Waals surface area contributed by atoms with Gasteiger partial charge < -0.3 is 10.1 Å². The number of halogens is 1. The summed E-state index contributed by atoms with van der Waals surface area (Å²) in [6.45, 7) is 2.87. The van der Waals surface area contributed by atoms with Gasteiger partial charge in [0.05, 0.1) is 0 Å². The second-order valence-electron chi connectivity index (χ2n) is 4.90. The van der Waals surface area contributed by atoms with Gasteiger partial charge >= 0.3 is 0 Å². The first-order valence-corrected chi connectivity index (χ1v) is 7.20. The SMILES string of the molecule is CNCC(C)Oc1ccc(Cl)cc1Cc1ccccc1. The van der Waals surface area contributed by atoms with Gasteiger partial charge in [-0.1, -0.05) is 41.9 Å². The monoisotopic (exact) mass is 289 g/mol. The molecule has 106 valence electrons. The summed E-state index contributed by atoms with van der Waals surface area (Å²) in [5.41, 5.74) is 2.37. The summed E-state index contributed by atoms with van der Waals surface area (Å²) >= 11 is 6.11. The van der Waals surface area contributed by atoms with Crippen molar-refractivity contribution in [1.29, 1.82) is 0 Å². The van der Waals surface area contributed by atoms with Crippen molar-refractivity contribution in [2.24, 2.45) is 0 Å². The normalized spacial score (nSPS) is 12.2. The zero-order valence-corrected chi connectivity index (χ0v) is 12.7. The van der Waals surface area contributed by atoms with Crippen LogP contribution in [0.4, 0.5) is 0 Å². The first kappa shape index (κ1) is 14.9. The van der Waals surface area contributed by atoms with Crippen molar-refractivity contribution in [2.45, 2.75) is 19.4 Å². The molecule has 0 heterocycles. The summed E-state index contributed by atoms with van der Waals surface area (Å²) in [4.78, 5) is 0. The molecule has 0 aromatic heterocycles. The first-order chi connectivity index (χ1) is 9.69. The summed E-state index contributed by atoms with van der Waals surface area (Å²) < 4.78 is 5.99. The minimum Gasteiger partial charge on any atom is -0.489 e. The molecule has 0 bridgehead atoms. The number of hydrogen-bond donors (Lipinski definition) is 1. The highest BCUT2D eigenvalue weighted by atomic mass is 35.5. The van der Waals surface area contributed by atoms with Gasteiger partial charge in [0, 0.05) is 18.0 Å². The van der Waals surface area contributed by atoms with E-state index in [1.54, 1.807) is 0 Å². The minimum atomic E-state index is 0.121. The van der Waals surface area contributed by atoms with Crippen molar-refractivity contribution in [3.63, 3.8) is 0 Å². The van der Waals surface area contributed by atoms with E-state index in [4.69, 9.17) is 16.3 Å². The molecule has 2 rings (SSSR count). The zero-order chi connectivity index (χ0) is 14.4. The lowest BCUT2D eigenvalue weighted by atomic mass is 10.0. The van der Waals surface area contributed by atoms with Crippen LogP contribution in [0.1, 0.15) is 18.1 Å². The van der Waals surface area contributed by atoms with Crippen molar-refractivity contribution < 1.29 is 4.74 Å². The molecule has 3 heteroatoms. The van der Waals surface area contributed by atoms with Crippen LogP contribution in [0.2, 0.25) is 5.02 Å². The number of benzene rings is 2. The van der Waals surface area contributed by atoms with Gasteiger partial charge in [0.1, 0.15) is 11.9 Å². The second kappa shape index (κ2) is 7.32. The van der Waals surface area contributed by atoms with E-state index in [0.717, 1.165) is 29.3 Å². The molecule has 0 saturated heterocycles. The van der Waals surface area contributed by atoms with Crippen molar-refractivity contribution in [1.82, 2.24) is 5.32 Å². The largest absolute Gasteiger partial charge is 0.489 e. The van der Waals surface area contributed by atoms with E-state index in [1.165, 1.54) is 5.56 Å². The highest BCUT2D eigenvalue weighted by Crippen LogP contribution is 2.26. The lowest BCUT2D eigenvalue weighted by Crippen LogP contribution is -2.26. The molecule has 1 unspecified atom stereocenters. The molecule has 1 N–H and O–H groups in total. The number of ether oxygens (including phenoxy) is 1. The van der Waals surface area contributed by atoms with Crippen LogP contribution in [0.15, 0.2) is 48.5 Å². The smallest absolute Gasteiger partial charge is 0.123 e. The Morgan fingerprint density at radius 2 is 1.90 bits per heavy atom. The van der Waals surface area contributed by atoms with Gasteiger partial charge in [-0.15, -0.1) is 0 Å². The van der Waals surface area contributed by atoms with Crippen LogP contribution < -0.4 is 10.1 Å². The molecule has 0 fully saturated rings. The van der Waals surface area contributed by atoms with Gasteiger partial charge in [0.25, 0.3) is 0 Å². The highest BCUT2D eigenvalue weighted by Gasteiger charge is 2.09. The lowest BCUT2D eigenvalue weighted by Gasteiger charge is -2.17. The van der Waals surface area contributed by atoms with E-state index in [0.29, 0.717) is 0 Å². The molecule has 2 aromatic rings. The molecular weight excluding hydrogens is 270 g/mol. The van der Waals surface area contributed by atoms with E-state index in [2.05, 4.69) is 24.4 Å². The fourth-order valence-electron chi connectivity index (χ4n) is 2.16. The molecule has 2 nitrogen and oxygen atoms in total. The molecular formula is C17H20ClNO. The van der Waals surface area contributed by atoms with Crippen LogP contribution in [0.5, 0.6) is 5.75 Å². The molecule has 0 spiro atoms. The Labute approximate surface area is 125 Å². The lowest BCUT2D eigenvalue weighted by molar-refractivity contribution is 0.219. The Kier molecular flexibility index (Phi) is 5.45. The molecule has 20 heavy (non-hydrogen) atoms. The van der Waals surface area contributed by atoms with Gasteiger partial charge in [0.15, 0.2) is 0 Å². The van der Waals surface area contributed by atoms with Crippen molar-refractivity contribution >= 4 is 11.6 Å². The maximum atomic E-state index is 6.11. The quantitative estimate of drug-likeness (QED) is 0.870. The average Bonchev–Trinajstić information content (AvgIpc) is 2.43. The molecule has 0 aliphatic rings. The second-order valence-corrected chi connectivity index (χ2v) is 5.34. The third-order valence-electron chi connectivity index (χ3n) is 3.08. The Morgan fingerprint density at radius 3 is 2.60 bits per heavy atom. The molecule has 2 aromatic carbocycles. The Bertz CT molecular complexity index is 542. The summed E-state index contributed by atoms with van der Waals surface area (Å²) in [5, 5.41) is 3.86. The zero-order valence-electron chi connectivity index (χ0n) is 11.9. The van der Waals surface area contributed by atoms with Crippen LogP contribution in [-0.2, 0) is 6.42 Å². The van der Waals surface area contributed by atoms with Crippen LogP contribution in [0, 0.1) is 0 Å². The van der Waals surface area contributed by atoms with Crippen LogP contribution >= 0.6 is 11.6 Å². The van der Waals surface area contributed by atoms with E-state index in [1.807, 2.05) is 43.4 Å². The average molecular weight is 290 g/mol. The maximum absolute atomic E-state index is 6.11. The predicted molar refractivity (Wildman–Crippen MR) is 84.7 cm³/mol. The van der Waals surface area contributed by atoms with E-state index >= 15 is 0 Å². The predicted octanol–water partition coefficient (Wildman–Crippen LogP) is 3.92. The Hall–Kier alpha value is -1.51. The van der Waals surface area contributed by atoms with Gasteiger partial charge in [-0.3, -0.25) is 0 Å². The van der Waals surface area contributed by atoms with E-state index in [-0.39, 0.29) is 6.10 Å². The summed E-state index contributed by atoms with van der Waals surface area (Å²) in [7, 11) is 1.92. The fourth-order valence-corrected chi connectivity index (χ4v) is 2.36. The molecule has 0 aliphatic carbocycles. The van der Waals surface area contributed by atoms with E-state index in [9.17, 15) is 0 Å². The topological polar surface area (TPSA) is 21.3 Å². The summed E-state index contributed by atoms with van der Waals surface area (Å²) in [6, 6.07) is 16.1. The van der Waals surface area contributed by atoms with E-state index < -0.39 is 0 Å². The van der Waals surface area contributed by atoms with Gasteiger partial charge in [-0.05, 0) is 43.3 Å². The standard InChI is InChI=1S/C17H20ClNO/c1-13(12-19-2)20-17-9-8-16(18)11-15(17)10-14-6-4-3-5-7-14/h3-9,11,13,19H,10,12H2,1-2H3. The van der Waals surface area contributed by atoms with Gasteiger partial charge in [-0.25, -0.2) is 0 Å². The third kappa shape index (κ3) is 4.26. The molecule has 0 radical (unpaired) electrons. The fraction of sp³-hybridized carbons (Fsp3) is 0.294. The van der Waals surface area contributed by atoms with Crippen molar-refractivity contribution in [3.8, 4) is 5.75 Å². The van der Waals surface area contributed by atoms with Gasteiger partial charge in [0.2, 0.25) is 0 Å². The number of hydrogen-bond acceptors (Lipinski definition) is 2. The molecule has 0 amide bonds. The minimum absolute atomic E-state index is 0.121. The number of nitrogens with one attached hydrogen (secondary N) is 1. The number of likely N-dealkylation sites (N-methyl/N-ethyl adjacent to an activating group) is 1. The van der Waals surface area contributed by atoms with Gasteiger partial charge in [-0.2, -0.15) is 0 Å². The molecule has 1 atom stereocenters. The van der Waals surface area contributed by atoms with Crippen LogP contribution in [0.25, 0.3) is 0 Å². The van der Waals surface area contributed by atoms with Crippen molar-refractivity contribution in [2.75, 3.05) is 13.6 Å². The maximum Gasteiger partial charge on any atom is 0.123 e. The van der Waals surface area contributed by atoms with Crippen molar-refractivity contribution in [3.05, 3.63) is 64.7 Å². The number of rotatable bonds is 6. The first-order valence-electron chi connectivity index (χ1n) is 6.82.